The molecule has 0 saturated carbocycles. The molecule has 5 heteroatoms. The number of anilines is 1. The van der Waals surface area contributed by atoms with Crippen LogP contribution < -0.4 is 5.73 Å². The Morgan fingerprint density at radius 1 is 1.15 bits per heavy atom. The van der Waals surface area contributed by atoms with Crippen LogP contribution in [0.5, 0.6) is 0 Å². The van der Waals surface area contributed by atoms with Gasteiger partial charge in [-0.25, -0.2) is 9.67 Å². The molecule has 0 atom stereocenters. The standard InChI is InChI=1S/C15H17N5/c1-3-13-18-14(4-2)20(19-13)15-10-7-5-6-8-12(10)17-9-11(15)16/h5-9H,3-4,16H2,1-2H3. The zero-order valence-corrected chi connectivity index (χ0v) is 11.7. The number of aromatic nitrogens is 4. The molecule has 5 nitrogen and oxygen atoms in total. The molecule has 2 aromatic heterocycles. The first-order valence-corrected chi connectivity index (χ1v) is 6.83. The smallest absolute Gasteiger partial charge is 0.151 e. The number of pyridine rings is 1. The zero-order valence-electron chi connectivity index (χ0n) is 11.7. The number of rotatable bonds is 3. The van der Waals surface area contributed by atoms with E-state index in [0.717, 1.165) is 41.1 Å². The summed E-state index contributed by atoms with van der Waals surface area (Å²) in [5, 5.41) is 5.57. The monoisotopic (exact) mass is 267 g/mol. The van der Waals surface area contributed by atoms with Gasteiger partial charge in [0.1, 0.15) is 11.5 Å². The average Bonchev–Trinajstić information content (AvgIpc) is 2.90. The number of hydrogen-bond donors (Lipinski definition) is 1. The third-order valence-electron chi connectivity index (χ3n) is 3.34. The van der Waals surface area contributed by atoms with Crippen LogP contribution in [0.25, 0.3) is 16.6 Å². The fourth-order valence-electron chi connectivity index (χ4n) is 2.33. The van der Waals surface area contributed by atoms with Gasteiger partial charge in [-0.15, -0.1) is 0 Å². The van der Waals surface area contributed by atoms with Crippen LogP contribution in [0.2, 0.25) is 0 Å². The minimum Gasteiger partial charge on any atom is -0.396 e. The van der Waals surface area contributed by atoms with E-state index in [2.05, 4.69) is 22.0 Å². The van der Waals surface area contributed by atoms with Crippen molar-refractivity contribution in [3.63, 3.8) is 0 Å². The van der Waals surface area contributed by atoms with E-state index >= 15 is 0 Å². The van der Waals surface area contributed by atoms with Crippen molar-refractivity contribution in [1.29, 1.82) is 0 Å². The largest absolute Gasteiger partial charge is 0.396 e. The van der Waals surface area contributed by atoms with Crippen LogP contribution in [-0.2, 0) is 12.8 Å². The molecule has 0 aliphatic carbocycles. The highest BCUT2D eigenvalue weighted by Gasteiger charge is 2.15. The number of fused-ring (bicyclic) bond motifs is 1. The Morgan fingerprint density at radius 3 is 2.70 bits per heavy atom. The molecular formula is C15H17N5. The molecule has 0 radical (unpaired) electrons. The van der Waals surface area contributed by atoms with Crippen molar-refractivity contribution in [2.75, 3.05) is 5.73 Å². The number of nitrogens with two attached hydrogens (primary N) is 1. The highest BCUT2D eigenvalue weighted by Crippen LogP contribution is 2.26. The van der Waals surface area contributed by atoms with E-state index in [1.165, 1.54) is 0 Å². The van der Waals surface area contributed by atoms with E-state index in [4.69, 9.17) is 5.73 Å². The Hall–Kier alpha value is -2.43. The van der Waals surface area contributed by atoms with E-state index in [9.17, 15) is 0 Å². The summed E-state index contributed by atoms with van der Waals surface area (Å²) in [4.78, 5) is 8.91. The van der Waals surface area contributed by atoms with E-state index in [1.807, 2.05) is 35.9 Å². The Labute approximate surface area is 117 Å². The van der Waals surface area contributed by atoms with Crippen LogP contribution >= 0.6 is 0 Å². The van der Waals surface area contributed by atoms with Crippen LogP contribution in [0, 0.1) is 0 Å². The van der Waals surface area contributed by atoms with Gasteiger partial charge in [0.15, 0.2) is 5.82 Å². The molecule has 3 rings (SSSR count). The highest BCUT2D eigenvalue weighted by atomic mass is 15.4. The summed E-state index contributed by atoms with van der Waals surface area (Å²) in [6, 6.07) is 7.94. The van der Waals surface area contributed by atoms with Crippen LogP contribution in [-0.4, -0.2) is 19.7 Å². The number of benzene rings is 1. The second-order valence-corrected chi connectivity index (χ2v) is 4.64. The van der Waals surface area contributed by atoms with Crippen molar-refractivity contribution in [1.82, 2.24) is 19.7 Å². The third-order valence-corrected chi connectivity index (χ3v) is 3.34. The molecule has 0 aliphatic heterocycles. The second-order valence-electron chi connectivity index (χ2n) is 4.64. The van der Waals surface area contributed by atoms with Gasteiger partial charge in [-0.3, -0.25) is 4.98 Å². The average molecular weight is 267 g/mol. The number of nitrogens with zero attached hydrogens (tertiary/aromatic N) is 4. The SMILES string of the molecule is CCc1nc(CC)n(-c2c(N)cnc3ccccc23)n1. The summed E-state index contributed by atoms with van der Waals surface area (Å²) in [6.45, 7) is 4.12. The fourth-order valence-corrected chi connectivity index (χ4v) is 2.33. The number of para-hydroxylation sites is 1. The van der Waals surface area contributed by atoms with Crippen molar-refractivity contribution in [2.24, 2.45) is 0 Å². The first-order chi connectivity index (χ1) is 9.74. The predicted octanol–water partition coefficient (Wildman–Crippen LogP) is 2.52. The molecule has 2 heterocycles. The summed E-state index contributed by atoms with van der Waals surface area (Å²) < 4.78 is 1.86. The lowest BCUT2D eigenvalue weighted by Crippen LogP contribution is -2.07. The summed E-state index contributed by atoms with van der Waals surface area (Å²) in [7, 11) is 0. The van der Waals surface area contributed by atoms with Gasteiger partial charge >= 0.3 is 0 Å². The molecule has 0 unspecified atom stereocenters. The fraction of sp³-hybridized carbons (Fsp3) is 0.267. The lowest BCUT2D eigenvalue weighted by atomic mass is 10.1. The van der Waals surface area contributed by atoms with Gasteiger partial charge in [0, 0.05) is 18.2 Å². The third kappa shape index (κ3) is 1.91. The van der Waals surface area contributed by atoms with Gasteiger partial charge in [-0.05, 0) is 6.07 Å². The van der Waals surface area contributed by atoms with Gasteiger partial charge in [-0.1, -0.05) is 32.0 Å². The number of hydrogen-bond acceptors (Lipinski definition) is 4. The topological polar surface area (TPSA) is 69.6 Å². The van der Waals surface area contributed by atoms with Gasteiger partial charge < -0.3 is 5.73 Å². The van der Waals surface area contributed by atoms with Gasteiger partial charge in [-0.2, -0.15) is 5.10 Å². The molecule has 20 heavy (non-hydrogen) atoms. The lowest BCUT2D eigenvalue weighted by Gasteiger charge is -2.10. The molecule has 0 bridgehead atoms. The van der Waals surface area contributed by atoms with Crippen LogP contribution in [0.4, 0.5) is 5.69 Å². The minimum atomic E-state index is 0.617. The second kappa shape index (κ2) is 4.92. The number of aryl methyl sites for hydroxylation is 2. The molecule has 1 aromatic carbocycles. The molecule has 0 spiro atoms. The van der Waals surface area contributed by atoms with Crippen molar-refractivity contribution in [3.8, 4) is 5.69 Å². The Kier molecular flexibility index (Phi) is 3.10. The lowest BCUT2D eigenvalue weighted by molar-refractivity contribution is 0.797. The van der Waals surface area contributed by atoms with Crippen molar-refractivity contribution >= 4 is 16.6 Å². The molecule has 0 fully saturated rings. The maximum Gasteiger partial charge on any atom is 0.151 e. The summed E-state index contributed by atoms with van der Waals surface area (Å²) in [5.74, 6) is 1.76. The Balaban J connectivity index is 2.33. The quantitative estimate of drug-likeness (QED) is 0.791. The molecule has 0 aliphatic rings. The minimum absolute atomic E-state index is 0.617. The maximum atomic E-state index is 6.14. The van der Waals surface area contributed by atoms with Crippen molar-refractivity contribution < 1.29 is 0 Å². The van der Waals surface area contributed by atoms with Gasteiger partial charge in [0.05, 0.1) is 17.4 Å². The van der Waals surface area contributed by atoms with Crippen LogP contribution in [0.1, 0.15) is 25.5 Å². The van der Waals surface area contributed by atoms with Crippen molar-refractivity contribution in [3.05, 3.63) is 42.1 Å². The van der Waals surface area contributed by atoms with Crippen molar-refractivity contribution in [2.45, 2.75) is 26.7 Å². The molecule has 0 saturated heterocycles. The van der Waals surface area contributed by atoms with E-state index in [1.54, 1.807) is 6.20 Å². The molecule has 3 aromatic rings. The maximum absolute atomic E-state index is 6.14. The summed E-state index contributed by atoms with van der Waals surface area (Å²) in [5.41, 5.74) is 8.54. The van der Waals surface area contributed by atoms with Gasteiger partial charge in [0.2, 0.25) is 0 Å². The van der Waals surface area contributed by atoms with Gasteiger partial charge in [0.25, 0.3) is 0 Å². The predicted molar refractivity (Wildman–Crippen MR) is 79.8 cm³/mol. The zero-order chi connectivity index (χ0) is 14.1. The molecule has 0 amide bonds. The summed E-state index contributed by atoms with van der Waals surface area (Å²) in [6.07, 6.45) is 3.30. The van der Waals surface area contributed by atoms with Crippen LogP contribution in [0.3, 0.4) is 0 Å². The molecule has 102 valence electrons. The normalized spacial score (nSPS) is 11.1. The van der Waals surface area contributed by atoms with E-state index in [-0.39, 0.29) is 0 Å². The Bertz CT molecular complexity index is 760. The number of nitrogen functional groups attached to an aromatic ring is 1. The van der Waals surface area contributed by atoms with Crippen LogP contribution in [0.15, 0.2) is 30.5 Å². The Morgan fingerprint density at radius 2 is 1.95 bits per heavy atom. The summed E-state index contributed by atoms with van der Waals surface area (Å²) >= 11 is 0. The van der Waals surface area contributed by atoms with E-state index in [0.29, 0.717) is 5.69 Å². The first kappa shape index (κ1) is 12.6. The van der Waals surface area contributed by atoms with E-state index < -0.39 is 0 Å². The molecule has 2 N–H and O–H groups in total. The molecular weight excluding hydrogens is 250 g/mol. The highest BCUT2D eigenvalue weighted by molar-refractivity contribution is 5.91. The first-order valence-electron chi connectivity index (χ1n) is 6.83.